The van der Waals surface area contributed by atoms with Gasteiger partial charge in [-0.05, 0) is 71.4 Å². The summed E-state index contributed by atoms with van der Waals surface area (Å²) in [6.07, 6.45) is 2.80. The summed E-state index contributed by atoms with van der Waals surface area (Å²) in [6, 6.07) is 18.6. The second-order valence-electron chi connectivity index (χ2n) is 10.9. The Kier molecular flexibility index (Phi) is 6.30. The van der Waals surface area contributed by atoms with Crippen LogP contribution in [0.1, 0.15) is 77.1 Å². The Balaban J connectivity index is 1.43. The molecule has 0 radical (unpaired) electrons. The minimum atomic E-state index is -0.110. The first-order chi connectivity index (χ1) is 16.7. The summed E-state index contributed by atoms with van der Waals surface area (Å²) in [6.45, 7) is 9.41. The quantitative estimate of drug-likeness (QED) is 0.435. The van der Waals surface area contributed by atoms with Crippen molar-refractivity contribution < 1.29 is 9.59 Å². The summed E-state index contributed by atoms with van der Waals surface area (Å²) in [4.78, 5) is 32.5. The molecule has 1 saturated carbocycles. The number of hydrogen-bond acceptors (Lipinski definition) is 3. The Hall–Kier alpha value is -2.92. The molecule has 1 aromatic heterocycles. The molecule has 1 aliphatic heterocycles. The van der Waals surface area contributed by atoms with Gasteiger partial charge in [0, 0.05) is 23.0 Å². The van der Waals surface area contributed by atoms with Gasteiger partial charge in [-0.3, -0.25) is 9.59 Å². The molecule has 0 saturated heterocycles. The second-order valence-corrected chi connectivity index (χ2v) is 11.9. The third-order valence-electron chi connectivity index (χ3n) is 7.31. The smallest absolute Gasteiger partial charge is 0.254 e. The van der Waals surface area contributed by atoms with E-state index in [2.05, 4.69) is 56.5 Å². The molecular weight excluding hydrogens is 452 g/mol. The lowest BCUT2D eigenvalue weighted by Crippen LogP contribution is -2.47. The number of benzene rings is 2. The number of carbonyl (C=O) groups is 2. The number of amides is 2. The molecule has 5 heteroatoms. The van der Waals surface area contributed by atoms with E-state index in [0.29, 0.717) is 12.1 Å². The molecular formula is C30H34N2O2S. The maximum absolute atomic E-state index is 13.8. The van der Waals surface area contributed by atoms with Gasteiger partial charge >= 0.3 is 0 Å². The molecule has 2 aliphatic rings. The van der Waals surface area contributed by atoms with Crippen LogP contribution >= 0.6 is 11.3 Å². The van der Waals surface area contributed by atoms with Crippen molar-refractivity contribution in [3.8, 4) is 0 Å². The largest absolute Gasteiger partial charge is 0.330 e. The second kappa shape index (κ2) is 9.27. The Morgan fingerprint density at radius 1 is 1.03 bits per heavy atom. The first-order valence-corrected chi connectivity index (χ1v) is 13.4. The third-order valence-corrected chi connectivity index (χ3v) is 8.30. The van der Waals surface area contributed by atoms with Gasteiger partial charge in [-0.1, -0.05) is 63.2 Å². The van der Waals surface area contributed by atoms with Gasteiger partial charge in [0.25, 0.3) is 5.91 Å². The zero-order valence-electron chi connectivity index (χ0n) is 21.1. The Labute approximate surface area is 212 Å². The molecule has 0 N–H and O–H groups in total. The van der Waals surface area contributed by atoms with E-state index in [0.717, 1.165) is 30.4 Å². The monoisotopic (exact) mass is 486 g/mol. The van der Waals surface area contributed by atoms with Crippen molar-refractivity contribution in [1.29, 1.82) is 0 Å². The van der Waals surface area contributed by atoms with Gasteiger partial charge < -0.3 is 9.80 Å². The number of carbonyl (C=O) groups excluding carboxylic acids is 2. The fraction of sp³-hybridized carbons (Fsp3) is 0.400. The molecule has 0 bridgehead atoms. The van der Waals surface area contributed by atoms with Crippen molar-refractivity contribution in [2.24, 2.45) is 0 Å². The van der Waals surface area contributed by atoms with Crippen LogP contribution in [0.15, 0.2) is 60.0 Å². The topological polar surface area (TPSA) is 40.6 Å². The molecule has 1 aliphatic carbocycles. The average molecular weight is 487 g/mol. The van der Waals surface area contributed by atoms with E-state index in [9.17, 15) is 9.59 Å². The predicted molar refractivity (Wildman–Crippen MR) is 142 cm³/mol. The standard InChI is InChI=1S/C30H34N2O2S/c1-20-7-5-6-8-24(20)29(34)32(23-13-14-23)19-27(33)31-17-15-26-25(16-18-35-26)28(31)21-9-11-22(12-10-21)30(2,3)4/h5-12,16,18,23,28H,13-15,17,19H2,1-4H3. The molecule has 3 aromatic rings. The van der Waals surface area contributed by atoms with Crippen LogP contribution in [0.2, 0.25) is 0 Å². The van der Waals surface area contributed by atoms with Crippen molar-refractivity contribution in [2.75, 3.05) is 13.1 Å². The van der Waals surface area contributed by atoms with Gasteiger partial charge in [-0.25, -0.2) is 0 Å². The summed E-state index contributed by atoms with van der Waals surface area (Å²) in [5.74, 6) is -0.00107. The van der Waals surface area contributed by atoms with Crippen LogP contribution in [0.5, 0.6) is 0 Å². The SMILES string of the molecule is Cc1ccccc1C(=O)N(CC(=O)N1CCc2sccc2C1c1ccc(C(C)(C)C)cc1)C1CC1. The van der Waals surface area contributed by atoms with Crippen LogP contribution < -0.4 is 0 Å². The van der Waals surface area contributed by atoms with Gasteiger partial charge in [0.05, 0.1) is 6.04 Å². The minimum absolute atomic E-state index is 0.0283. The fourth-order valence-corrected chi connectivity index (χ4v) is 5.97. The molecule has 2 aromatic carbocycles. The minimum Gasteiger partial charge on any atom is -0.330 e. The zero-order chi connectivity index (χ0) is 24.7. The summed E-state index contributed by atoms with van der Waals surface area (Å²) in [7, 11) is 0. The molecule has 1 fully saturated rings. The maximum Gasteiger partial charge on any atom is 0.254 e. The summed E-state index contributed by atoms with van der Waals surface area (Å²) < 4.78 is 0. The highest BCUT2D eigenvalue weighted by Gasteiger charge is 2.38. The normalized spacial score (nSPS) is 17.7. The summed E-state index contributed by atoms with van der Waals surface area (Å²) in [5, 5.41) is 2.13. The van der Waals surface area contributed by atoms with E-state index >= 15 is 0 Å². The van der Waals surface area contributed by atoms with Gasteiger partial charge in [0.15, 0.2) is 0 Å². The van der Waals surface area contributed by atoms with Gasteiger partial charge in [-0.2, -0.15) is 0 Å². The number of nitrogens with zero attached hydrogens (tertiary/aromatic N) is 2. The Morgan fingerprint density at radius 2 is 1.74 bits per heavy atom. The van der Waals surface area contributed by atoms with E-state index in [1.165, 1.54) is 16.0 Å². The highest BCUT2D eigenvalue weighted by atomic mass is 32.1. The molecule has 4 nitrogen and oxygen atoms in total. The lowest BCUT2D eigenvalue weighted by molar-refractivity contribution is -0.134. The zero-order valence-corrected chi connectivity index (χ0v) is 21.9. The number of fused-ring (bicyclic) bond motifs is 1. The molecule has 1 atom stereocenters. The van der Waals surface area contributed by atoms with Crippen LogP contribution in [0, 0.1) is 6.92 Å². The number of thiophene rings is 1. The van der Waals surface area contributed by atoms with Gasteiger partial charge in [-0.15, -0.1) is 11.3 Å². The lowest BCUT2D eigenvalue weighted by atomic mass is 9.85. The molecule has 2 heterocycles. The number of hydrogen-bond donors (Lipinski definition) is 0. The van der Waals surface area contributed by atoms with Crippen LogP contribution in [0.25, 0.3) is 0 Å². The summed E-state index contributed by atoms with van der Waals surface area (Å²) >= 11 is 1.78. The van der Waals surface area contributed by atoms with Crippen molar-refractivity contribution >= 4 is 23.2 Å². The van der Waals surface area contributed by atoms with Crippen molar-refractivity contribution in [2.45, 2.75) is 64.5 Å². The first kappa shape index (κ1) is 23.8. The van der Waals surface area contributed by atoms with Gasteiger partial charge in [0.2, 0.25) is 5.91 Å². The Bertz CT molecular complexity index is 1230. The van der Waals surface area contributed by atoms with Crippen molar-refractivity contribution in [3.63, 3.8) is 0 Å². The highest BCUT2D eigenvalue weighted by molar-refractivity contribution is 7.10. The number of aryl methyl sites for hydroxylation is 1. The van der Waals surface area contributed by atoms with E-state index in [4.69, 9.17) is 0 Å². The maximum atomic E-state index is 13.8. The van der Waals surface area contributed by atoms with E-state index in [-0.39, 0.29) is 35.9 Å². The van der Waals surface area contributed by atoms with E-state index < -0.39 is 0 Å². The lowest BCUT2D eigenvalue weighted by Gasteiger charge is -2.38. The molecule has 35 heavy (non-hydrogen) atoms. The van der Waals surface area contributed by atoms with Gasteiger partial charge in [0.1, 0.15) is 6.54 Å². The summed E-state index contributed by atoms with van der Waals surface area (Å²) in [5.41, 5.74) is 5.36. The van der Waals surface area contributed by atoms with E-state index in [1.54, 1.807) is 11.3 Å². The highest BCUT2D eigenvalue weighted by Crippen LogP contribution is 2.39. The van der Waals surface area contributed by atoms with Crippen molar-refractivity contribution in [1.82, 2.24) is 9.80 Å². The molecule has 1 unspecified atom stereocenters. The van der Waals surface area contributed by atoms with Crippen LogP contribution in [-0.2, 0) is 16.6 Å². The molecule has 182 valence electrons. The number of rotatable bonds is 5. The van der Waals surface area contributed by atoms with Crippen LogP contribution in [-0.4, -0.2) is 40.7 Å². The molecule has 5 rings (SSSR count). The average Bonchev–Trinajstić information content (AvgIpc) is 3.57. The molecule has 0 spiro atoms. The van der Waals surface area contributed by atoms with Crippen molar-refractivity contribution in [3.05, 3.63) is 92.7 Å². The molecule has 2 amide bonds. The first-order valence-electron chi connectivity index (χ1n) is 12.6. The van der Waals surface area contributed by atoms with Crippen LogP contribution in [0.3, 0.4) is 0 Å². The van der Waals surface area contributed by atoms with Crippen LogP contribution in [0.4, 0.5) is 0 Å². The fourth-order valence-electron chi connectivity index (χ4n) is 5.07. The third kappa shape index (κ3) is 4.79. The van der Waals surface area contributed by atoms with E-state index in [1.807, 2.05) is 41.0 Å². The predicted octanol–water partition coefficient (Wildman–Crippen LogP) is 6.13. The Morgan fingerprint density at radius 3 is 2.40 bits per heavy atom.